The molecule has 1 N–H and O–H groups in total. The molecule has 0 bridgehead atoms. The standard InChI is InChI=1S/C22H27N3O2S/c1-18-6-5-7-19(14-18)16-28-17-22(27)25-12-10-24(11-13-25)15-21(26)23-20-8-3-2-4-9-20/h2-9,14H,10-13,15-17H2,1H3,(H,23,26). The molecule has 1 fully saturated rings. The van der Waals surface area contributed by atoms with Gasteiger partial charge in [-0.1, -0.05) is 48.0 Å². The Morgan fingerprint density at radius 3 is 2.46 bits per heavy atom. The van der Waals surface area contributed by atoms with E-state index in [1.807, 2.05) is 35.2 Å². The van der Waals surface area contributed by atoms with Crippen molar-refractivity contribution in [3.05, 3.63) is 65.7 Å². The molecule has 3 rings (SSSR count). The molecule has 2 amide bonds. The monoisotopic (exact) mass is 397 g/mol. The van der Waals surface area contributed by atoms with Gasteiger partial charge in [0.05, 0.1) is 12.3 Å². The number of carbonyl (C=O) groups is 2. The molecular formula is C22H27N3O2S. The molecule has 148 valence electrons. The van der Waals surface area contributed by atoms with Gasteiger partial charge in [0.2, 0.25) is 11.8 Å². The Labute approximate surface area is 171 Å². The SMILES string of the molecule is Cc1cccc(CSCC(=O)N2CCN(CC(=O)Nc3ccccc3)CC2)c1. The smallest absolute Gasteiger partial charge is 0.238 e. The lowest BCUT2D eigenvalue weighted by Crippen LogP contribution is -2.50. The summed E-state index contributed by atoms with van der Waals surface area (Å²) in [6.07, 6.45) is 0. The van der Waals surface area contributed by atoms with E-state index in [-0.39, 0.29) is 11.8 Å². The lowest BCUT2D eigenvalue weighted by atomic mass is 10.2. The zero-order chi connectivity index (χ0) is 19.8. The minimum atomic E-state index is -0.0142. The Balaban J connectivity index is 1.35. The van der Waals surface area contributed by atoms with Gasteiger partial charge in [0.15, 0.2) is 0 Å². The number of nitrogens with zero attached hydrogens (tertiary/aromatic N) is 2. The fourth-order valence-electron chi connectivity index (χ4n) is 3.23. The van der Waals surface area contributed by atoms with Crippen LogP contribution in [0.2, 0.25) is 0 Å². The van der Waals surface area contributed by atoms with Crippen LogP contribution in [0.15, 0.2) is 54.6 Å². The Morgan fingerprint density at radius 1 is 1.00 bits per heavy atom. The van der Waals surface area contributed by atoms with Crippen molar-refractivity contribution in [1.29, 1.82) is 0 Å². The van der Waals surface area contributed by atoms with Gasteiger partial charge in [-0.15, -0.1) is 11.8 Å². The van der Waals surface area contributed by atoms with Gasteiger partial charge in [-0.3, -0.25) is 14.5 Å². The van der Waals surface area contributed by atoms with Crippen LogP contribution in [0.5, 0.6) is 0 Å². The van der Waals surface area contributed by atoms with Gasteiger partial charge in [0.25, 0.3) is 0 Å². The molecule has 0 radical (unpaired) electrons. The zero-order valence-corrected chi connectivity index (χ0v) is 17.1. The number of thioether (sulfide) groups is 1. The van der Waals surface area contributed by atoms with Crippen molar-refractivity contribution in [1.82, 2.24) is 9.80 Å². The number of anilines is 1. The van der Waals surface area contributed by atoms with E-state index in [0.717, 1.165) is 24.5 Å². The van der Waals surface area contributed by atoms with E-state index in [2.05, 4.69) is 41.4 Å². The molecule has 1 aliphatic heterocycles. The summed E-state index contributed by atoms with van der Waals surface area (Å²) in [5.74, 6) is 1.53. The Kier molecular flexibility index (Phi) is 7.51. The third kappa shape index (κ3) is 6.39. The van der Waals surface area contributed by atoms with Crippen molar-refractivity contribution >= 4 is 29.3 Å². The largest absolute Gasteiger partial charge is 0.339 e. The van der Waals surface area contributed by atoms with Crippen molar-refractivity contribution in [2.75, 3.05) is 43.8 Å². The molecule has 0 aromatic heterocycles. The minimum Gasteiger partial charge on any atom is -0.339 e. The fraction of sp³-hybridized carbons (Fsp3) is 0.364. The summed E-state index contributed by atoms with van der Waals surface area (Å²) in [6, 6.07) is 17.9. The number of hydrogen-bond acceptors (Lipinski definition) is 4. The topological polar surface area (TPSA) is 52.7 Å². The molecule has 1 saturated heterocycles. The summed E-state index contributed by atoms with van der Waals surface area (Å²) < 4.78 is 0. The molecule has 1 aliphatic rings. The lowest BCUT2D eigenvalue weighted by molar-refractivity contribution is -0.130. The quantitative estimate of drug-likeness (QED) is 0.780. The number of aryl methyl sites for hydroxylation is 1. The highest BCUT2D eigenvalue weighted by atomic mass is 32.2. The van der Waals surface area contributed by atoms with Crippen molar-refractivity contribution in [2.24, 2.45) is 0 Å². The van der Waals surface area contributed by atoms with Crippen molar-refractivity contribution < 1.29 is 9.59 Å². The molecule has 0 saturated carbocycles. The second-order valence-corrected chi connectivity index (χ2v) is 8.04. The van der Waals surface area contributed by atoms with Gasteiger partial charge in [-0.25, -0.2) is 0 Å². The molecule has 2 aromatic carbocycles. The van der Waals surface area contributed by atoms with Crippen LogP contribution in [0.25, 0.3) is 0 Å². The number of amides is 2. The number of para-hydroxylation sites is 1. The van der Waals surface area contributed by atoms with Crippen LogP contribution in [0.1, 0.15) is 11.1 Å². The second-order valence-electron chi connectivity index (χ2n) is 7.05. The first-order valence-electron chi connectivity index (χ1n) is 9.58. The van der Waals surface area contributed by atoms with Crippen LogP contribution < -0.4 is 5.32 Å². The number of rotatable bonds is 7. The van der Waals surface area contributed by atoms with Gasteiger partial charge in [0, 0.05) is 37.6 Å². The normalized spacial score (nSPS) is 14.7. The predicted molar refractivity (Wildman–Crippen MR) is 115 cm³/mol. The average molecular weight is 398 g/mol. The van der Waals surface area contributed by atoms with E-state index in [1.54, 1.807) is 11.8 Å². The number of piperazine rings is 1. The summed E-state index contributed by atoms with van der Waals surface area (Å²) in [4.78, 5) is 28.6. The maximum atomic E-state index is 12.4. The first kappa shape index (κ1) is 20.4. The third-order valence-electron chi connectivity index (χ3n) is 4.73. The molecule has 5 nitrogen and oxygen atoms in total. The predicted octanol–water partition coefficient (Wildman–Crippen LogP) is 3.01. The summed E-state index contributed by atoms with van der Waals surface area (Å²) in [5.41, 5.74) is 3.32. The summed E-state index contributed by atoms with van der Waals surface area (Å²) in [6.45, 7) is 5.27. The minimum absolute atomic E-state index is 0.0142. The fourth-order valence-corrected chi connectivity index (χ4v) is 4.10. The van der Waals surface area contributed by atoms with E-state index in [1.165, 1.54) is 11.1 Å². The molecule has 0 atom stereocenters. The molecule has 28 heavy (non-hydrogen) atoms. The van der Waals surface area contributed by atoms with Gasteiger partial charge in [-0.05, 0) is 24.6 Å². The summed E-state index contributed by atoms with van der Waals surface area (Å²) in [5, 5.41) is 2.91. The first-order chi connectivity index (χ1) is 13.6. The lowest BCUT2D eigenvalue weighted by Gasteiger charge is -2.34. The highest BCUT2D eigenvalue weighted by Crippen LogP contribution is 2.15. The van der Waals surface area contributed by atoms with Gasteiger partial charge in [-0.2, -0.15) is 0 Å². The maximum absolute atomic E-state index is 12.4. The van der Waals surface area contributed by atoms with E-state index < -0.39 is 0 Å². The van der Waals surface area contributed by atoms with E-state index in [0.29, 0.717) is 25.4 Å². The number of nitrogens with one attached hydrogen (secondary N) is 1. The van der Waals surface area contributed by atoms with Gasteiger partial charge < -0.3 is 10.2 Å². The maximum Gasteiger partial charge on any atom is 0.238 e. The number of benzene rings is 2. The van der Waals surface area contributed by atoms with Crippen LogP contribution >= 0.6 is 11.8 Å². The highest BCUT2D eigenvalue weighted by molar-refractivity contribution is 7.99. The van der Waals surface area contributed by atoms with Gasteiger partial charge in [0.1, 0.15) is 0 Å². The molecule has 6 heteroatoms. The van der Waals surface area contributed by atoms with Crippen molar-refractivity contribution in [3.63, 3.8) is 0 Å². The number of hydrogen-bond donors (Lipinski definition) is 1. The van der Waals surface area contributed by atoms with Crippen LogP contribution in [0.3, 0.4) is 0 Å². The number of carbonyl (C=O) groups excluding carboxylic acids is 2. The van der Waals surface area contributed by atoms with Crippen LogP contribution in [-0.2, 0) is 15.3 Å². The molecule has 2 aromatic rings. The second kappa shape index (κ2) is 10.3. The molecular weight excluding hydrogens is 370 g/mol. The molecule has 0 unspecified atom stereocenters. The third-order valence-corrected chi connectivity index (χ3v) is 5.72. The Morgan fingerprint density at radius 2 is 1.75 bits per heavy atom. The molecule has 1 heterocycles. The first-order valence-corrected chi connectivity index (χ1v) is 10.7. The van der Waals surface area contributed by atoms with E-state index >= 15 is 0 Å². The Bertz CT molecular complexity index is 789. The zero-order valence-electron chi connectivity index (χ0n) is 16.3. The molecule has 0 aliphatic carbocycles. The van der Waals surface area contributed by atoms with Crippen LogP contribution in [0.4, 0.5) is 5.69 Å². The van der Waals surface area contributed by atoms with E-state index in [9.17, 15) is 9.59 Å². The Hall–Kier alpha value is -2.31. The van der Waals surface area contributed by atoms with Crippen LogP contribution in [-0.4, -0.2) is 60.1 Å². The van der Waals surface area contributed by atoms with Gasteiger partial charge >= 0.3 is 0 Å². The van der Waals surface area contributed by atoms with Crippen molar-refractivity contribution in [3.8, 4) is 0 Å². The highest BCUT2D eigenvalue weighted by Gasteiger charge is 2.22. The van der Waals surface area contributed by atoms with Crippen LogP contribution in [0, 0.1) is 6.92 Å². The summed E-state index contributed by atoms with van der Waals surface area (Å²) >= 11 is 1.66. The summed E-state index contributed by atoms with van der Waals surface area (Å²) in [7, 11) is 0. The van der Waals surface area contributed by atoms with E-state index in [4.69, 9.17) is 0 Å². The molecule has 0 spiro atoms. The van der Waals surface area contributed by atoms with Crippen molar-refractivity contribution in [2.45, 2.75) is 12.7 Å². The average Bonchev–Trinajstić information content (AvgIpc) is 2.69.